The Kier molecular flexibility index (Phi) is 2.85. The molecule has 0 spiro atoms. The third-order valence-corrected chi connectivity index (χ3v) is 4.13. The fourth-order valence-corrected chi connectivity index (χ4v) is 3.08. The highest BCUT2D eigenvalue weighted by atomic mass is 14.5. The summed E-state index contributed by atoms with van der Waals surface area (Å²) < 4.78 is 0. The summed E-state index contributed by atoms with van der Waals surface area (Å²) in [5.41, 5.74) is 0.666. The zero-order chi connectivity index (χ0) is 9.35. The Labute approximate surface area is 77.7 Å². The van der Waals surface area contributed by atoms with E-state index in [2.05, 4.69) is 34.6 Å². The maximum Gasteiger partial charge on any atom is -0.0249 e. The number of rotatable bonds is 2. The molecular formula is C12H24. The zero-order valence-electron chi connectivity index (χ0n) is 9.35. The van der Waals surface area contributed by atoms with Crippen LogP contribution in [-0.4, -0.2) is 0 Å². The van der Waals surface area contributed by atoms with E-state index in [1.807, 2.05) is 0 Å². The van der Waals surface area contributed by atoms with Gasteiger partial charge in [-0.3, -0.25) is 0 Å². The van der Waals surface area contributed by atoms with Gasteiger partial charge in [0, 0.05) is 0 Å². The molecule has 0 amide bonds. The van der Waals surface area contributed by atoms with Crippen molar-refractivity contribution in [2.45, 2.75) is 53.9 Å². The van der Waals surface area contributed by atoms with Crippen LogP contribution in [0.4, 0.5) is 0 Å². The Bertz CT molecular complexity index is 136. The van der Waals surface area contributed by atoms with Crippen LogP contribution in [0.3, 0.4) is 0 Å². The lowest BCUT2D eigenvalue weighted by molar-refractivity contribution is 0.115. The predicted molar refractivity (Wildman–Crippen MR) is 55.1 cm³/mol. The molecule has 0 unspecified atom stereocenters. The van der Waals surface area contributed by atoms with Crippen LogP contribution in [0, 0.1) is 23.2 Å². The summed E-state index contributed by atoms with van der Waals surface area (Å²) in [4.78, 5) is 0. The molecule has 0 aliphatic heterocycles. The molecule has 12 heavy (non-hydrogen) atoms. The number of hydrogen-bond donors (Lipinski definition) is 0. The van der Waals surface area contributed by atoms with Crippen molar-refractivity contribution >= 4 is 0 Å². The van der Waals surface area contributed by atoms with E-state index in [9.17, 15) is 0 Å². The minimum absolute atomic E-state index is 0.666. The molecular weight excluding hydrogens is 144 g/mol. The Hall–Kier alpha value is 0. The highest BCUT2D eigenvalue weighted by Gasteiger charge is 2.41. The van der Waals surface area contributed by atoms with Crippen molar-refractivity contribution < 1.29 is 0 Å². The summed E-state index contributed by atoms with van der Waals surface area (Å²) in [6.45, 7) is 12.0. The first kappa shape index (κ1) is 10.1. The maximum absolute atomic E-state index is 2.41. The predicted octanol–water partition coefficient (Wildman–Crippen LogP) is 4.10. The summed E-state index contributed by atoms with van der Waals surface area (Å²) in [5, 5.41) is 0. The first-order valence-corrected chi connectivity index (χ1v) is 5.49. The summed E-state index contributed by atoms with van der Waals surface area (Å²) in [5.74, 6) is 2.69. The average molecular weight is 168 g/mol. The smallest absolute Gasteiger partial charge is 0.0249 e. The average Bonchev–Trinajstić information content (AvgIpc) is 2.32. The van der Waals surface area contributed by atoms with Crippen LogP contribution >= 0.6 is 0 Å². The normalized spacial score (nSPS) is 28.8. The van der Waals surface area contributed by atoms with Crippen LogP contribution in [-0.2, 0) is 0 Å². The van der Waals surface area contributed by atoms with Gasteiger partial charge in [-0.1, -0.05) is 41.0 Å². The van der Waals surface area contributed by atoms with Crippen LogP contribution < -0.4 is 0 Å². The maximum atomic E-state index is 2.41. The molecule has 1 saturated carbocycles. The highest BCUT2D eigenvalue weighted by Crippen LogP contribution is 2.51. The zero-order valence-corrected chi connectivity index (χ0v) is 9.35. The summed E-state index contributed by atoms with van der Waals surface area (Å²) in [6.07, 6.45) is 4.38. The first-order valence-electron chi connectivity index (χ1n) is 5.49. The lowest BCUT2D eigenvalue weighted by Crippen LogP contribution is -2.30. The molecule has 0 radical (unpaired) electrons. The molecule has 72 valence electrons. The molecule has 1 aliphatic carbocycles. The molecule has 1 rings (SSSR count). The summed E-state index contributed by atoms with van der Waals surface area (Å²) in [7, 11) is 0. The van der Waals surface area contributed by atoms with Crippen LogP contribution in [0.5, 0.6) is 0 Å². The van der Waals surface area contributed by atoms with Gasteiger partial charge in [0.1, 0.15) is 0 Å². The van der Waals surface area contributed by atoms with Crippen LogP contribution in [0.2, 0.25) is 0 Å². The van der Waals surface area contributed by atoms with Crippen LogP contribution in [0.25, 0.3) is 0 Å². The van der Waals surface area contributed by atoms with Gasteiger partial charge in [0.15, 0.2) is 0 Å². The molecule has 0 saturated heterocycles. The Morgan fingerprint density at radius 3 is 1.75 bits per heavy atom. The van der Waals surface area contributed by atoms with Gasteiger partial charge in [0.05, 0.1) is 0 Å². The standard InChI is InChI=1S/C12H24/c1-9(2)12(10(3)4)7-6-11(5)8-12/h9-11H,6-8H2,1-5H3/t11-/m1/s1. The van der Waals surface area contributed by atoms with Gasteiger partial charge >= 0.3 is 0 Å². The van der Waals surface area contributed by atoms with Crippen molar-refractivity contribution in [1.29, 1.82) is 0 Å². The second kappa shape index (κ2) is 3.40. The van der Waals surface area contributed by atoms with Crippen molar-refractivity contribution in [2.24, 2.45) is 23.2 Å². The SMILES string of the molecule is CC(C)C1(C(C)C)CC[C@@H](C)C1. The molecule has 1 fully saturated rings. The topological polar surface area (TPSA) is 0 Å². The van der Waals surface area contributed by atoms with Crippen molar-refractivity contribution in [3.05, 3.63) is 0 Å². The lowest BCUT2D eigenvalue weighted by atomic mass is 9.67. The second-order valence-electron chi connectivity index (χ2n) is 5.39. The molecule has 0 aromatic rings. The third-order valence-electron chi connectivity index (χ3n) is 4.13. The molecule has 1 atom stereocenters. The molecule has 0 aromatic heterocycles. The molecule has 0 N–H and O–H groups in total. The number of hydrogen-bond acceptors (Lipinski definition) is 0. The molecule has 0 heteroatoms. The Morgan fingerprint density at radius 2 is 1.58 bits per heavy atom. The van der Waals surface area contributed by atoms with E-state index >= 15 is 0 Å². The fraction of sp³-hybridized carbons (Fsp3) is 1.00. The summed E-state index contributed by atoms with van der Waals surface area (Å²) >= 11 is 0. The summed E-state index contributed by atoms with van der Waals surface area (Å²) in [6, 6.07) is 0. The minimum atomic E-state index is 0.666. The van der Waals surface area contributed by atoms with Crippen molar-refractivity contribution in [3.63, 3.8) is 0 Å². The van der Waals surface area contributed by atoms with E-state index in [-0.39, 0.29) is 0 Å². The molecule has 0 heterocycles. The van der Waals surface area contributed by atoms with Crippen molar-refractivity contribution in [2.75, 3.05) is 0 Å². The largest absolute Gasteiger partial charge is 0.0625 e. The van der Waals surface area contributed by atoms with E-state index in [0.29, 0.717) is 5.41 Å². The van der Waals surface area contributed by atoms with Gasteiger partial charge in [-0.05, 0) is 36.0 Å². The van der Waals surface area contributed by atoms with Gasteiger partial charge in [0.25, 0.3) is 0 Å². The first-order chi connectivity index (χ1) is 5.49. The van der Waals surface area contributed by atoms with Gasteiger partial charge in [-0.25, -0.2) is 0 Å². The van der Waals surface area contributed by atoms with E-state index in [1.165, 1.54) is 19.3 Å². The second-order valence-corrected chi connectivity index (χ2v) is 5.39. The fourth-order valence-electron chi connectivity index (χ4n) is 3.08. The molecule has 1 aliphatic rings. The van der Waals surface area contributed by atoms with E-state index < -0.39 is 0 Å². The van der Waals surface area contributed by atoms with Gasteiger partial charge in [0.2, 0.25) is 0 Å². The van der Waals surface area contributed by atoms with Crippen LogP contribution in [0.1, 0.15) is 53.9 Å². The molecule has 0 nitrogen and oxygen atoms in total. The van der Waals surface area contributed by atoms with E-state index in [0.717, 1.165) is 17.8 Å². The monoisotopic (exact) mass is 168 g/mol. The van der Waals surface area contributed by atoms with Crippen molar-refractivity contribution in [1.82, 2.24) is 0 Å². The minimum Gasteiger partial charge on any atom is -0.0625 e. The lowest BCUT2D eigenvalue weighted by Gasteiger charge is -2.38. The molecule has 0 bridgehead atoms. The van der Waals surface area contributed by atoms with Gasteiger partial charge in [-0.15, -0.1) is 0 Å². The molecule has 0 aromatic carbocycles. The van der Waals surface area contributed by atoms with Gasteiger partial charge < -0.3 is 0 Å². The highest BCUT2D eigenvalue weighted by molar-refractivity contribution is 4.92. The quantitative estimate of drug-likeness (QED) is 0.582. The van der Waals surface area contributed by atoms with Crippen molar-refractivity contribution in [3.8, 4) is 0 Å². The van der Waals surface area contributed by atoms with Crippen LogP contribution in [0.15, 0.2) is 0 Å². The third kappa shape index (κ3) is 1.53. The van der Waals surface area contributed by atoms with E-state index in [4.69, 9.17) is 0 Å². The Morgan fingerprint density at radius 1 is 1.08 bits per heavy atom. The van der Waals surface area contributed by atoms with Gasteiger partial charge in [-0.2, -0.15) is 0 Å². The Balaban J connectivity index is 2.75. The van der Waals surface area contributed by atoms with E-state index in [1.54, 1.807) is 0 Å².